The molecule has 1 fully saturated rings. The lowest BCUT2D eigenvalue weighted by Crippen LogP contribution is -2.41. The van der Waals surface area contributed by atoms with Crippen molar-refractivity contribution in [3.63, 3.8) is 0 Å². The summed E-state index contributed by atoms with van der Waals surface area (Å²) in [7, 11) is 0. The number of aromatic nitrogens is 1. The normalized spacial score (nSPS) is 21.1. The monoisotopic (exact) mass is 236 g/mol. The minimum atomic E-state index is -0.369. The standard InChI is InChI=1S/C12H16N2O3/c1-8(10-5-3-7-17-10)14-12(16)11-9(15)4-2-6-13-11/h2,4,6,8,10,15H,3,5,7H2,1H3,(H,14,16). The lowest BCUT2D eigenvalue weighted by molar-refractivity contribution is 0.0708. The summed E-state index contributed by atoms with van der Waals surface area (Å²) in [6, 6.07) is 2.94. The molecule has 0 radical (unpaired) electrons. The molecule has 1 aliphatic heterocycles. The van der Waals surface area contributed by atoms with Gasteiger partial charge >= 0.3 is 0 Å². The van der Waals surface area contributed by atoms with E-state index in [4.69, 9.17) is 4.74 Å². The van der Waals surface area contributed by atoms with Crippen molar-refractivity contribution < 1.29 is 14.6 Å². The van der Waals surface area contributed by atoms with Crippen molar-refractivity contribution in [2.24, 2.45) is 0 Å². The van der Waals surface area contributed by atoms with E-state index in [-0.39, 0.29) is 29.5 Å². The summed E-state index contributed by atoms with van der Waals surface area (Å²) in [5.74, 6) is -0.476. The van der Waals surface area contributed by atoms with Crippen LogP contribution in [0.15, 0.2) is 18.3 Å². The van der Waals surface area contributed by atoms with Crippen molar-refractivity contribution in [3.8, 4) is 5.75 Å². The molecule has 0 aromatic carbocycles. The van der Waals surface area contributed by atoms with E-state index in [0.29, 0.717) is 0 Å². The molecule has 1 aromatic rings. The second kappa shape index (κ2) is 5.14. The summed E-state index contributed by atoms with van der Waals surface area (Å²) in [5.41, 5.74) is 0.0531. The highest BCUT2D eigenvalue weighted by atomic mass is 16.5. The average Bonchev–Trinajstić information content (AvgIpc) is 2.82. The van der Waals surface area contributed by atoms with E-state index < -0.39 is 0 Å². The Labute approximate surface area is 99.8 Å². The molecule has 2 N–H and O–H groups in total. The Hall–Kier alpha value is -1.62. The molecule has 0 saturated carbocycles. The van der Waals surface area contributed by atoms with Gasteiger partial charge < -0.3 is 15.2 Å². The summed E-state index contributed by atoms with van der Waals surface area (Å²) < 4.78 is 5.48. The number of carbonyl (C=O) groups is 1. The Balaban J connectivity index is 1.99. The van der Waals surface area contributed by atoms with Gasteiger partial charge in [-0.05, 0) is 31.9 Å². The van der Waals surface area contributed by atoms with E-state index in [2.05, 4.69) is 10.3 Å². The van der Waals surface area contributed by atoms with Crippen molar-refractivity contribution in [2.75, 3.05) is 6.61 Å². The van der Waals surface area contributed by atoms with Crippen LogP contribution >= 0.6 is 0 Å². The van der Waals surface area contributed by atoms with Gasteiger partial charge in [0.15, 0.2) is 5.69 Å². The van der Waals surface area contributed by atoms with Gasteiger partial charge in [0.05, 0.1) is 12.1 Å². The first-order chi connectivity index (χ1) is 8.18. The predicted molar refractivity (Wildman–Crippen MR) is 61.8 cm³/mol. The largest absolute Gasteiger partial charge is 0.505 e. The van der Waals surface area contributed by atoms with Crippen LogP contribution in [0, 0.1) is 0 Å². The Morgan fingerprint density at radius 1 is 1.71 bits per heavy atom. The van der Waals surface area contributed by atoms with Crippen LogP contribution in [-0.2, 0) is 4.74 Å². The molecule has 1 aliphatic rings. The molecule has 0 bridgehead atoms. The van der Waals surface area contributed by atoms with Crippen LogP contribution in [0.5, 0.6) is 5.75 Å². The number of hydrogen-bond donors (Lipinski definition) is 2. The first-order valence-corrected chi connectivity index (χ1v) is 5.75. The highest BCUT2D eigenvalue weighted by Crippen LogP contribution is 2.17. The first-order valence-electron chi connectivity index (χ1n) is 5.75. The van der Waals surface area contributed by atoms with Gasteiger partial charge in [-0.1, -0.05) is 0 Å². The number of ether oxygens (including phenoxy) is 1. The van der Waals surface area contributed by atoms with E-state index in [1.807, 2.05) is 6.92 Å². The van der Waals surface area contributed by atoms with E-state index >= 15 is 0 Å². The lowest BCUT2D eigenvalue weighted by Gasteiger charge is -2.19. The smallest absolute Gasteiger partial charge is 0.274 e. The Kier molecular flexibility index (Phi) is 3.58. The van der Waals surface area contributed by atoms with Gasteiger partial charge in [0.2, 0.25) is 0 Å². The SMILES string of the molecule is CC(NC(=O)c1ncccc1O)C1CCCO1. The van der Waals surface area contributed by atoms with Gasteiger partial charge in [0, 0.05) is 12.8 Å². The zero-order chi connectivity index (χ0) is 12.3. The topological polar surface area (TPSA) is 71.5 Å². The molecular weight excluding hydrogens is 220 g/mol. The molecule has 1 amide bonds. The minimum absolute atomic E-state index is 0.0531. The van der Waals surface area contributed by atoms with E-state index in [9.17, 15) is 9.90 Å². The minimum Gasteiger partial charge on any atom is -0.505 e. The number of nitrogens with one attached hydrogen (secondary N) is 1. The summed E-state index contributed by atoms with van der Waals surface area (Å²) in [5, 5.41) is 12.3. The molecule has 5 nitrogen and oxygen atoms in total. The van der Waals surface area contributed by atoms with Crippen LogP contribution in [0.1, 0.15) is 30.3 Å². The highest BCUT2D eigenvalue weighted by molar-refractivity contribution is 5.94. The van der Waals surface area contributed by atoms with Gasteiger partial charge in [0.1, 0.15) is 5.75 Å². The van der Waals surface area contributed by atoms with Crippen molar-refractivity contribution in [1.29, 1.82) is 0 Å². The van der Waals surface area contributed by atoms with Crippen LogP contribution in [0.2, 0.25) is 0 Å². The maximum absolute atomic E-state index is 11.8. The molecule has 0 aliphatic carbocycles. The van der Waals surface area contributed by atoms with Crippen molar-refractivity contribution >= 4 is 5.91 Å². The molecule has 92 valence electrons. The number of aromatic hydroxyl groups is 1. The Morgan fingerprint density at radius 2 is 2.53 bits per heavy atom. The van der Waals surface area contributed by atoms with Crippen molar-refractivity contribution in [3.05, 3.63) is 24.0 Å². The maximum Gasteiger partial charge on any atom is 0.274 e. The van der Waals surface area contributed by atoms with Crippen LogP contribution in [0.25, 0.3) is 0 Å². The van der Waals surface area contributed by atoms with Crippen molar-refractivity contribution in [1.82, 2.24) is 10.3 Å². The van der Waals surface area contributed by atoms with Gasteiger partial charge in [-0.3, -0.25) is 4.79 Å². The fraction of sp³-hybridized carbons (Fsp3) is 0.500. The second-order valence-corrected chi connectivity index (χ2v) is 4.18. The zero-order valence-electron chi connectivity index (χ0n) is 9.72. The molecule has 2 rings (SSSR count). The van der Waals surface area contributed by atoms with Gasteiger partial charge in [-0.15, -0.1) is 0 Å². The second-order valence-electron chi connectivity index (χ2n) is 4.18. The number of amides is 1. The number of pyridine rings is 1. The molecule has 0 spiro atoms. The van der Waals surface area contributed by atoms with E-state index in [1.54, 1.807) is 6.07 Å². The molecule has 5 heteroatoms. The Bertz CT molecular complexity index is 402. The third-order valence-electron chi connectivity index (χ3n) is 2.88. The van der Waals surface area contributed by atoms with Crippen molar-refractivity contribution in [2.45, 2.75) is 31.9 Å². The number of nitrogens with zero attached hydrogens (tertiary/aromatic N) is 1. The number of hydrogen-bond acceptors (Lipinski definition) is 4. The summed E-state index contributed by atoms with van der Waals surface area (Å²) in [4.78, 5) is 15.7. The molecule has 1 aromatic heterocycles. The van der Waals surface area contributed by atoms with Crippen LogP contribution < -0.4 is 5.32 Å². The highest BCUT2D eigenvalue weighted by Gasteiger charge is 2.25. The average molecular weight is 236 g/mol. The summed E-state index contributed by atoms with van der Waals surface area (Å²) >= 11 is 0. The molecule has 1 saturated heterocycles. The number of rotatable bonds is 3. The quantitative estimate of drug-likeness (QED) is 0.824. The van der Waals surface area contributed by atoms with Gasteiger partial charge in [-0.25, -0.2) is 4.98 Å². The predicted octanol–water partition coefficient (Wildman–Crippen LogP) is 1.08. The summed E-state index contributed by atoms with van der Waals surface area (Å²) in [6.45, 7) is 2.65. The fourth-order valence-corrected chi connectivity index (χ4v) is 1.94. The zero-order valence-corrected chi connectivity index (χ0v) is 9.72. The third-order valence-corrected chi connectivity index (χ3v) is 2.88. The summed E-state index contributed by atoms with van der Waals surface area (Å²) in [6.07, 6.45) is 3.52. The van der Waals surface area contributed by atoms with E-state index in [0.717, 1.165) is 19.4 Å². The van der Waals surface area contributed by atoms with E-state index in [1.165, 1.54) is 12.3 Å². The first kappa shape index (κ1) is 11.9. The number of carbonyl (C=O) groups excluding carboxylic acids is 1. The van der Waals surface area contributed by atoms with Gasteiger partial charge in [-0.2, -0.15) is 0 Å². The van der Waals surface area contributed by atoms with Crippen LogP contribution in [0.3, 0.4) is 0 Å². The Morgan fingerprint density at radius 3 is 3.18 bits per heavy atom. The fourth-order valence-electron chi connectivity index (χ4n) is 1.94. The lowest BCUT2D eigenvalue weighted by atomic mass is 10.1. The molecule has 2 unspecified atom stereocenters. The molecular formula is C12H16N2O3. The maximum atomic E-state index is 11.8. The molecule has 2 atom stereocenters. The van der Waals surface area contributed by atoms with Crippen LogP contribution in [0.4, 0.5) is 0 Å². The molecule has 2 heterocycles. The van der Waals surface area contributed by atoms with Gasteiger partial charge in [0.25, 0.3) is 5.91 Å². The van der Waals surface area contributed by atoms with Crippen LogP contribution in [-0.4, -0.2) is 34.8 Å². The third kappa shape index (κ3) is 2.74. The molecule has 17 heavy (non-hydrogen) atoms.